The van der Waals surface area contributed by atoms with Gasteiger partial charge in [-0.2, -0.15) is 0 Å². The monoisotopic (exact) mass is 268 g/mol. The molecule has 0 aromatic carbocycles. The maximum Gasteiger partial charge on any atom is 0.371 e. The van der Waals surface area contributed by atoms with E-state index in [0.717, 1.165) is 0 Å². The van der Waals surface area contributed by atoms with Crippen molar-refractivity contribution < 1.29 is 19.1 Å². The number of carboxylic acid groups (broad SMARTS) is 1. The van der Waals surface area contributed by atoms with Gasteiger partial charge in [0.15, 0.2) is 5.76 Å². The lowest BCUT2D eigenvalue weighted by Gasteiger charge is -2.25. The Balaban J connectivity index is 2.73. The number of amides is 1. The van der Waals surface area contributed by atoms with E-state index in [1.165, 1.54) is 12.1 Å². The van der Waals surface area contributed by atoms with E-state index in [1.807, 2.05) is 32.8 Å². The van der Waals surface area contributed by atoms with Crippen LogP contribution in [0.2, 0.25) is 0 Å². The molecule has 0 fully saturated rings. The van der Waals surface area contributed by atoms with E-state index in [4.69, 9.17) is 9.52 Å². The number of carbonyl (C=O) groups is 2. The molecule has 6 nitrogen and oxygen atoms in total. The van der Waals surface area contributed by atoms with Gasteiger partial charge < -0.3 is 19.7 Å². The molecule has 1 atom stereocenters. The van der Waals surface area contributed by atoms with Gasteiger partial charge in [0, 0.05) is 12.6 Å². The van der Waals surface area contributed by atoms with Gasteiger partial charge in [-0.3, -0.25) is 4.79 Å². The molecule has 1 aromatic heterocycles. The normalized spacial score (nSPS) is 12.7. The number of carboxylic acids is 1. The molecule has 2 N–H and O–H groups in total. The summed E-state index contributed by atoms with van der Waals surface area (Å²) in [6, 6.07) is 2.61. The van der Waals surface area contributed by atoms with Crippen LogP contribution in [0.3, 0.4) is 0 Å². The first-order valence-electron chi connectivity index (χ1n) is 6.10. The fourth-order valence-corrected chi connectivity index (χ4v) is 1.63. The summed E-state index contributed by atoms with van der Waals surface area (Å²) in [6.45, 7) is 4.73. The van der Waals surface area contributed by atoms with E-state index in [1.54, 1.807) is 0 Å². The molecule has 0 saturated heterocycles. The lowest BCUT2D eigenvalue weighted by Crippen LogP contribution is -2.44. The summed E-state index contributed by atoms with van der Waals surface area (Å²) in [6.07, 6.45) is 0. The van der Waals surface area contributed by atoms with Crippen LogP contribution in [0.5, 0.6) is 0 Å². The first-order valence-corrected chi connectivity index (χ1v) is 6.10. The summed E-state index contributed by atoms with van der Waals surface area (Å²) < 4.78 is 4.97. The number of carbonyl (C=O) groups excluding carboxylic acids is 1. The Bertz CT molecular complexity index is 451. The fourth-order valence-electron chi connectivity index (χ4n) is 1.63. The smallest absolute Gasteiger partial charge is 0.371 e. The molecule has 0 spiro atoms. The summed E-state index contributed by atoms with van der Waals surface area (Å²) in [7, 11) is 3.86. The molecule has 106 valence electrons. The number of likely N-dealkylation sites (N-methyl/N-ethyl adjacent to an activating group) is 1. The Morgan fingerprint density at radius 2 is 1.89 bits per heavy atom. The summed E-state index contributed by atoms with van der Waals surface area (Å²) in [5, 5.41) is 11.6. The van der Waals surface area contributed by atoms with E-state index in [0.29, 0.717) is 6.54 Å². The Labute approximate surface area is 112 Å². The second kappa shape index (κ2) is 6.38. The van der Waals surface area contributed by atoms with Crippen molar-refractivity contribution in [2.24, 2.45) is 5.92 Å². The number of rotatable bonds is 6. The van der Waals surface area contributed by atoms with Crippen LogP contribution in [0.4, 0.5) is 0 Å². The molecule has 0 bridgehead atoms. The van der Waals surface area contributed by atoms with E-state index in [-0.39, 0.29) is 23.5 Å². The molecule has 0 aliphatic heterocycles. The van der Waals surface area contributed by atoms with Crippen LogP contribution in [-0.4, -0.2) is 48.6 Å². The summed E-state index contributed by atoms with van der Waals surface area (Å²) >= 11 is 0. The zero-order valence-corrected chi connectivity index (χ0v) is 11.6. The molecule has 0 aliphatic carbocycles. The zero-order valence-electron chi connectivity index (χ0n) is 11.6. The second-order valence-electron chi connectivity index (χ2n) is 5.06. The van der Waals surface area contributed by atoms with Crippen molar-refractivity contribution in [2.45, 2.75) is 19.9 Å². The lowest BCUT2D eigenvalue weighted by molar-refractivity contribution is 0.0659. The van der Waals surface area contributed by atoms with Gasteiger partial charge in [-0.15, -0.1) is 0 Å². The molecular formula is C13H20N2O4. The van der Waals surface area contributed by atoms with Gasteiger partial charge in [-0.05, 0) is 32.1 Å². The Hall–Kier alpha value is -1.82. The minimum atomic E-state index is -1.19. The van der Waals surface area contributed by atoms with Gasteiger partial charge in [0.1, 0.15) is 0 Å². The quantitative estimate of drug-likeness (QED) is 0.812. The number of nitrogens with zero attached hydrogens (tertiary/aromatic N) is 1. The van der Waals surface area contributed by atoms with Crippen LogP contribution < -0.4 is 5.32 Å². The minimum Gasteiger partial charge on any atom is -0.475 e. The molecule has 6 heteroatoms. The Kier molecular flexibility index (Phi) is 5.11. The third-order valence-electron chi connectivity index (χ3n) is 2.72. The van der Waals surface area contributed by atoms with Crippen molar-refractivity contribution in [1.29, 1.82) is 0 Å². The van der Waals surface area contributed by atoms with Crippen molar-refractivity contribution in [1.82, 2.24) is 10.2 Å². The molecule has 0 saturated carbocycles. The van der Waals surface area contributed by atoms with Gasteiger partial charge in [-0.25, -0.2) is 4.79 Å². The van der Waals surface area contributed by atoms with Crippen LogP contribution in [0, 0.1) is 5.92 Å². The van der Waals surface area contributed by atoms with Crippen molar-refractivity contribution >= 4 is 11.9 Å². The third-order valence-corrected chi connectivity index (χ3v) is 2.72. The van der Waals surface area contributed by atoms with Crippen molar-refractivity contribution in [3.63, 3.8) is 0 Å². The highest BCUT2D eigenvalue weighted by atomic mass is 16.4. The van der Waals surface area contributed by atoms with Crippen LogP contribution in [0.25, 0.3) is 0 Å². The van der Waals surface area contributed by atoms with Crippen molar-refractivity contribution in [3.8, 4) is 0 Å². The van der Waals surface area contributed by atoms with Crippen LogP contribution in [0.15, 0.2) is 16.5 Å². The third kappa shape index (κ3) is 4.40. The van der Waals surface area contributed by atoms with Gasteiger partial charge in [-0.1, -0.05) is 13.8 Å². The highest BCUT2D eigenvalue weighted by Crippen LogP contribution is 2.10. The maximum atomic E-state index is 12.0. The maximum absolute atomic E-state index is 12.0. The van der Waals surface area contributed by atoms with E-state index in [2.05, 4.69) is 5.32 Å². The fraction of sp³-hybridized carbons (Fsp3) is 0.538. The number of furan rings is 1. The molecule has 1 unspecified atom stereocenters. The van der Waals surface area contributed by atoms with Crippen LogP contribution >= 0.6 is 0 Å². The highest BCUT2D eigenvalue weighted by molar-refractivity contribution is 5.93. The predicted octanol–water partition coefficient (Wildman–Crippen LogP) is 1.29. The molecule has 1 rings (SSSR count). The molecule has 1 aromatic rings. The summed E-state index contributed by atoms with van der Waals surface area (Å²) in [4.78, 5) is 24.6. The summed E-state index contributed by atoms with van der Waals surface area (Å²) in [5.74, 6) is -1.54. The molecule has 19 heavy (non-hydrogen) atoms. The Morgan fingerprint density at radius 3 is 2.32 bits per heavy atom. The van der Waals surface area contributed by atoms with Gasteiger partial charge in [0.05, 0.1) is 0 Å². The SMILES string of the molecule is CC(C)C(CN(C)C)NC(=O)c1ccc(C(=O)O)o1. The first kappa shape index (κ1) is 15.2. The molecule has 1 amide bonds. The topological polar surface area (TPSA) is 82.8 Å². The van der Waals surface area contributed by atoms with Crippen LogP contribution in [-0.2, 0) is 0 Å². The van der Waals surface area contributed by atoms with E-state index in [9.17, 15) is 9.59 Å². The van der Waals surface area contributed by atoms with Crippen LogP contribution in [0.1, 0.15) is 35.0 Å². The molecule has 0 radical (unpaired) electrons. The minimum absolute atomic E-state index is 0.0156. The van der Waals surface area contributed by atoms with E-state index >= 15 is 0 Å². The predicted molar refractivity (Wildman–Crippen MR) is 70.3 cm³/mol. The van der Waals surface area contributed by atoms with Gasteiger partial charge >= 0.3 is 5.97 Å². The highest BCUT2D eigenvalue weighted by Gasteiger charge is 2.20. The molecule has 0 aliphatic rings. The van der Waals surface area contributed by atoms with E-state index < -0.39 is 11.9 Å². The average Bonchev–Trinajstić information content (AvgIpc) is 2.76. The largest absolute Gasteiger partial charge is 0.475 e. The van der Waals surface area contributed by atoms with Gasteiger partial charge in [0.2, 0.25) is 5.76 Å². The summed E-state index contributed by atoms with van der Waals surface area (Å²) in [5.41, 5.74) is 0. The standard InChI is InChI=1S/C13H20N2O4/c1-8(2)9(7-15(3)4)14-12(16)10-5-6-11(19-10)13(17)18/h5-6,8-9H,7H2,1-4H3,(H,14,16)(H,17,18). The number of hydrogen-bond donors (Lipinski definition) is 2. The zero-order chi connectivity index (χ0) is 14.6. The second-order valence-corrected chi connectivity index (χ2v) is 5.06. The number of aromatic carboxylic acids is 1. The number of nitrogens with one attached hydrogen (secondary N) is 1. The average molecular weight is 268 g/mol. The lowest BCUT2D eigenvalue weighted by atomic mass is 10.0. The Morgan fingerprint density at radius 1 is 1.32 bits per heavy atom. The number of hydrogen-bond acceptors (Lipinski definition) is 4. The first-order chi connectivity index (χ1) is 8.81. The molecule has 1 heterocycles. The van der Waals surface area contributed by atoms with Crippen molar-refractivity contribution in [3.05, 3.63) is 23.7 Å². The van der Waals surface area contributed by atoms with Crippen molar-refractivity contribution in [2.75, 3.05) is 20.6 Å². The van der Waals surface area contributed by atoms with Gasteiger partial charge in [0.25, 0.3) is 5.91 Å². The molecular weight excluding hydrogens is 248 g/mol.